The zero-order chi connectivity index (χ0) is 20.9. The minimum Gasteiger partial charge on any atom is -0.356 e. The number of aromatic nitrogens is 4. The molecule has 9 heteroatoms. The second kappa shape index (κ2) is 8.73. The van der Waals surface area contributed by atoms with Crippen LogP contribution in [0.2, 0.25) is 0 Å². The molecule has 3 aromatic rings. The number of hydrogen-bond acceptors (Lipinski definition) is 7. The highest BCUT2D eigenvalue weighted by Crippen LogP contribution is 2.22. The molecule has 4 rings (SSSR count). The lowest BCUT2D eigenvalue weighted by Crippen LogP contribution is -2.28. The molecule has 1 aromatic carbocycles. The van der Waals surface area contributed by atoms with Crippen molar-refractivity contribution in [3.05, 3.63) is 64.7 Å². The van der Waals surface area contributed by atoms with Gasteiger partial charge in [-0.3, -0.25) is 9.59 Å². The van der Waals surface area contributed by atoms with Gasteiger partial charge in [0.2, 0.25) is 11.9 Å². The van der Waals surface area contributed by atoms with E-state index in [1.807, 2.05) is 25.1 Å². The van der Waals surface area contributed by atoms with E-state index in [4.69, 9.17) is 0 Å². The summed E-state index contributed by atoms with van der Waals surface area (Å²) in [5.41, 5.74) is 2.02. The molecule has 2 N–H and O–H groups in total. The van der Waals surface area contributed by atoms with Gasteiger partial charge in [0.15, 0.2) is 0 Å². The summed E-state index contributed by atoms with van der Waals surface area (Å²) in [5, 5.41) is 9.86. The minimum absolute atomic E-state index is 0.143. The van der Waals surface area contributed by atoms with Crippen LogP contribution in [0.5, 0.6) is 0 Å². The summed E-state index contributed by atoms with van der Waals surface area (Å²) in [5.74, 6) is 1.16. The van der Waals surface area contributed by atoms with E-state index in [2.05, 4.69) is 30.6 Å². The smallest absolute Gasteiger partial charge is 0.267 e. The van der Waals surface area contributed by atoms with E-state index in [1.54, 1.807) is 12.1 Å². The second-order valence-corrected chi connectivity index (χ2v) is 7.16. The summed E-state index contributed by atoms with van der Waals surface area (Å²) < 4.78 is 1.11. The largest absolute Gasteiger partial charge is 0.356 e. The Morgan fingerprint density at radius 2 is 1.80 bits per heavy atom. The fourth-order valence-electron chi connectivity index (χ4n) is 3.32. The molecule has 9 nitrogen and oxygen atoms in total. The average molecular weight is 405 g/mol. The fraction of sp³-hybridized carbons (Fsp3) is 0.286. The lowest BCUT2D eigenvalue weighted by atomic mass is 10.2. The van der Waals surface area contributed by atoms with E-state index >= 15 is 0 Å². The molecule has 0 atom stereocenters. The number of aryl methyl sites for hydroxylation is 1. The molecular weight excluding hydrogens is 382 g/mol. The lowest BCUT2D eigenvalue weighted by molar-refractivity contribution is -0.117. The Labute approximate surface area is 173 Å². The van der Waals surface area contributed by atoms with Crippen LogP contribution in [0, 0.1) is 6.92 Å². The fourth-order valence-corrected chi connectivity index (χ4v) is 3.32. The topological polar surface area (TPSA) is 105 Å². The quantitative estimate of drug-likeness (QED) is 0.648. The first kappa shape index (κ1) is 19.6. The van der Waals surface area contributed by atoms with Crippen LogP contribution in [-0.4, -0.2) is 38.7 Å². The summed E-state index contributed by atoms with van der Waals surface area (Å²) in [7, 11) is 0. The highest BCUT2D eigenvalue weighted by Gasteiger charge is 2.15. The van der Waals surface area contributed by atoms with Crippen molar-refractivity contribution in [2.75, 3.05) is 28.6 Å². The van der Waals surface area contributed by atoms with Crippen molar-refractivity contribution in [1.29, 1.82) is 0 Å². The summed E-state index contributed by atoms with van der Waals surface area (Å²) in [6.07, 6.45) is 3.85. The molecule has 1 amide bonds. The van der Waals surface area contributed by atoms with Crippen molar-refractivity contribution in [1.82, 2.24) is 19.7 Å². The molecule has 1 aliphatic heterocycles. The first-order valence-corrected chi connectivity index (χ1v) is 9.86. The third-order valence-electron chi connectivity index (χ3n) is 4.77. The van der Waals surface area contributed by atoms with Crippen molar-refractivity contribution in [3.63, 3.8) is 0 Å². The number of nitrogens with zero attached hydrogens (tertiary/aromatic N) is 5. The summed E-state index contributed by atoms with van der Waals surface area (Å²) >= 11 is 0. The molecule has 3 heterocycles. The molecule has 0 aliphatic carbocycles. The maximum Gasteiger partial charge on any atom is 0.267 e. The van der Waals surface area contributed by atoms with Crippen molar-refractivity contribution in [3.8, 4) is 0 Å². The van der Waals surface area contributed by atoms with Gasteiger partial charge in [0.1, 0.15) is 12.4 Å². The first-order chi connectivity index (χ1) is 14.6. The van der Waals surface area contributed by atoms with E-state index in [1.165, 1.54) is 31.2 Å². The monoisotopic (exact) mass is 405 g/mol. The normalized spacial score (nSPS) is 13.3. The van der Waals surface area contributed by atoms with Crippen molar-refractivity contribution >= 4 is 29.0 Å². The van der Waals surface area contributed by atoms with E-state index < -0.39 is 0 Å². The predicted octanol–water partition coefficient (Wildman–Crippen LogP) is 2.32. The Morgan fingerprint density at radius 3 is 2.53 bits per heavy atom. The zero-order valence-electron chi connectivity index (χ0n) is 16.7. The molecule has 0 unspecified atom stereocenters. The molecule has 1 fully saturated rings. The molecule has 1 aliphatic rings. The Kier molecular flexibility index (Phi) is 5.69. The van der Waals surface area contributed by atoms with Gasteiger partial charge in [-0.15, -0.1) is 0 Å². The number of benzene rings is 1. The van der Waals surface area contributed by atoms with Crippen molar-refractivity contribution < 1.29 is 4.79 Å². The first-order valence-electron chi connectivity index (χ1n) is 9.86. The molecule has 0 saturated carbocycles. The number of carbonyl (C=O) groups is 1. The van der Waals surface area contributed by atoms with Gasteiger partial charge in [-0.2, -0.15) is 10.1 Å². The summed E-state index contributed by atoms with van der Waals surface area (Å²) in [4.78, 5) is 35.2. The van der Waals surface area contributed by atoms with E-state index in [0.29, 0.717) is 11.6 Å². The van der Waals surface area contributed by atoms with Crippen LogP contribution in [0.3, 0.4) is 0 Å². The van der Waals surface area contributed by atoms with Crippen LogP contribution in [0.4, 0.5) is 23.1 Å². The van der Waals surface area contributed by atoms with Crippen LogP contribution < -0.4 is 21.1 Å². The molecule has 1 saturated heterocycles. The third-order valence-corrected chi connectivity index (χ3v) is 4.77. The molecule has 0 spiro atoms. The van der Waals surface area contributed by atoms with Crippen LogP contribution in [-0.2, 0) is 11.3 Å². The van der Waals surface area contributed by atoms with Gasteiger partial charge in [0.05, 0.1) is 0 Å². The molecule has 0 bridgehead atoms. The molecule has 154 valence electrons. The van der Waals surface area contributed by atoms with Gasteiger partial charge in [-0.25, -0.2) is 9.67 Å². The highest BCUT2D eigenvalue weighted by molar-refractivity contribution is 5.90. The molecule has 2 aromatic heterocycles. The van der Waals surface area contributed by atoms with Gasteiger partial charge < -0.3 is 15.5 Å². The predicted molar refractivity (Wildman–Crippen MR) is 115 cm³/mol. The van der Waals surface area contributed by atoms with Crippen LogP contribution in [0.1, 0.15) is 18.5 Å². The minimum atomic E-state index is -0.325. The van der Waals surface area contributed by atoms with Gasteiger partial charge in [0.25, 0.3) is 5.56 Å². The Balaban J connectivity index is 1.39. The Hall–Kier alpha value is -3.75. The number of carbonyl (C=O) groups excluding carboxylic acids is 1. The molecule has 30 heavy (non-hydrogen) atoms. The van der Waals surface area contributed by atoms with Gasteiger partial charge in [0, 0.05) is 48.5 Å². The number of nitrogens with one attached hydrogen (secondary N) is 2. The van der Waals surface area contributed by atoms with Gasteiger partial charge in [-0.1, -0.05) is 0 Å². The lowest BCUT2D eigenvalue weighted by Gasteiger charge is -2.17. The average Bonchev–Trinajstić information content (AvgIpc) is 3.26. The second-order valence-electron chi connectivity index (χ2n) is 7.16. The SMILES string of the molecule is Cc1cc(N2CCCC2)nc(Nc2ccc(NC(=O)Cn3ncccc3=O)cc2)n1. The summed E-state index contributed by atoms with van der Waals surface area (Å²) in [6, 6.07) is 12.1. The van der Waals surface area contributed by atoms with Crippen molar-refractivity contribution in [2.24, 2.45) is 0 Å². The van der Waals surface area contributed by atoms with Gasteiger partial charge >= 0.3 is 0 Å². The number of anilines is 4. The number of rotatable bonds is 6. The molecule has 0 radical (unpaired) electrons. The third kappa shape index (κ3) is 4.80. The summed E-state index contributed by atoms with van der Waals surface area (Å²) in [6.45, 7) is 3.86. The number of amides is 1. The standard InChI is InChI=1S/C21H23N7O2/c1-15-13-18(27-11-2-3-12-27)26-21(23-15)25-17-8-6-16(7-9-17)24-19(29)14-28-20(30)5-4-10-22-28/h4-10,13H,2-3,11-12,14H2,1H3,(H,24,29)(H,23,25,26). The highest BCUT2D eigenvalue weighted by atomic mass is 16.2. The number of hydrogen-bond donors (Lipinski definition) is 2. The van der Waals surface area contributed by atoms with E-state index in [0.717, 1.165) is 35.0 Å². The Morgan fingerprint density at radius 1 is 1.07 bits per heavy atom. The zero-order valence-corrected chi connectivity index (χ0v) is 16.7. The maximum absolute atomic E-state index is 12.2. The Bertz CT molecular complexity index is 1090. The van der Waals surface area contributed by atoms with Crippen molar-refractivity contribution in [2.45, 2.75) is 26.3 Å². The van der Waals surface area contributed by atoms with E-state index in [9.17, 15) is 9.59 Å². The maximum atomic E-state index is 12.2. The van der Waals surface area contributed by atoms with Crippen LogP contribution in [0.15, 0.2) is 53.5 Å². The van der Waals surface area contributed by atoms with Crippen LogP contribution >= 0.6 is 0 Å². The van der Waals surface area contributed by atoms with Crippen LogP contribution in [0.25, 0.3) is 0 Å². The van der Waals surface area contributed by atoms with E-state index in [-0.39, 0.29) is 18.0 Å². The van der Waals surface area contributed by atoms with Gasteiger partial charge in [-0.05, 0) is 50.1 Å². The molecular formula is C21H23N7O2.